The minimum absolute atomic E-state index is 0.145. The summed E-state index contributed by atoms with van der Waals surface area (Å²) < 4.78 is 61.3. The zero-order valence-electron chi connectivity index (χ0n) is 23.0. The molecule has 0 radical (unpaired) electrons. The predicted molar refractivity (Wildman–Crippen MR) is 141 cm³/mol. The van der Waals surface area contributed by atoms with Gasteiger partial charge in [-0.25, -0.2) is 4.79 Å². The predicted octanol–water partition coefficient (Wildman–Crippen LogP) is 4.70. The zero-order chi connectivity index (χ0) is 28.9. The monoisotopic (exact) mass is 564 g/mol. The largest absolute Gasteiger partial charge is 0.494 e. The molecule has 0 saturated carbocycles. The number of esters is 1. The van der Waals surface area contributed by atoms with Crippen molar-refractivity contribution in [1.29, 1.82) is 0 Å². The average Bonchev–Trinajstić information content (AvgIpc) is 2.95. The number of benzene rings is 2. The fourth-order valence-electron chi connectivity index (χ4n) is 5.67. The van der Waals surface area contributed by atoms with Gasteiger partial charge in [0.2, 0.25) is 0 Å². The lowest BCUT2D eigenvalue weighted by Crippen LogP contribution is -2.58. The Morgan fingerprint density at radius 2 is 1.62 bits per heavy atom. The summed E-state index contributed by atoms with van der Waals surface area (Å²) >= 11 is 0. The number of hydrogen-bond acceptors (Lipinski definition) is 7. The van der Waals surface area contributed by atoms with Crippen molar-refractivity contribution in [2.75, 3.05) is 47.0 Å². The van der Waals surface area contributed by atoms with Crippen LogP contribution in [-0.4, -0.2) is 81.0 Å². The van der Waals surface area contributed by atoms with Crippen LogP contribution in [0.4, 0.5) is 13.2 Å². The third kappa shape index (κ3) is 6.29. The van der Waals surface area contributed by atoms with Gasteiger partial charge in [0.25, 0.3) is 5.91 Å². The third-order valence-electron chi connectivity index (χ3n) is 7.87. The van der Waals surface area contributed by atoms with Crippen LogP contribution >= 0.6 is 0 Å². The maximum Gasteiger partial charge on any atom is 0.490 e. The summed E-state index contributed by atoms with van der Waals surface area (Å²) in [5.41, 5.74) is 0.584. The molecule has 2 aromatic carbocycles. The molecule has 1 amide bonds. The first-order valence-electron chi connectivity index (χ1n) is 13.3. The molecule has 8 nitrogen and oxygen atoms in total. The van der Waals surface area contributed by atoms with Gasteiger partial charge in [0.15, 0.2) is 11.5 Å². The summed E-state index contributed by atoms with van der Waals surface area (Å²) in [6, 6.07) is 12.6. The van der Waals surface area contributed by atoms with E-state index in [0.29, 0.717) is 57.8 Å². The van der Waals surface area contributed by atoms with E-state index < -0.39 is 29.6 Å². The van der Waals surface area contributed by atoms with Crippen LogP contribution in [0, 0.1) is 5.41 Å². The average molecular weight is 565 g/mol. The van der Waals surface area contributed by atoms with Crippen LogP contribution in [0.1, 0.15) is 42.1 Å². The summed E-state index contributed by atoms with van der Waals surface area (Å²) in [7, 11) is 2.86. The molecule has 218 valence electrons. The first-order chi connectivity index (χ1) is 19.1. The number of ether oxygens (including phenoxy) is 4. The van der Waals surface area contributed by atoms with Crippen molar-refractivity contribution < 1.29 is 41.7 Å². The van der Waals surface area contributed by atoms with Gasteiger partial charge >= 0.3 is 12.1 Å². The zero-order valence-corrected chi connectivity index (χ0v) is 23.0. The molecule has 1 unspecified atom stereocenters. The number of carbonyl (C=O) groups excluding carboxylic acids is 2. The SMILES string of the molecule is CCOc1ccccc1CN1CCC2(CC1)CCN(C(=O)c1cccc(OC)c1OC)CC2OC(=O)C(F)(F)F. The van der Waals surface area contributed by atoms with Gasteiger partial charge in [-0.1, -0.05) is 24.3 Å². The molecule has 2 aliphatic heterocycles. The number of alkyl halides is 3. The molecule has 0 aliphatic carbocycles. The highest BCUT2D eigenvalue weighted by molar-refractivity contribution is 5.98. The Kier molecular flexibility index (Phi) is 9.12. The lowest BCUT2D eigenvalue weighted by atomic mass is 9.69. The second kappa shape index (κ2) is 12.4. The summed E-state index contributed by atoms with van der Waals surface area (Å²) in [6.07, 6.45) is -4.76. The number of hydrogen-bond donors (Lipinski definition) is 0. The summed E-state index contributed by atoms with van der Waals surface area (Å²) in [6.45, 7) is 4.49. The Bertz CT molecular complexity index is 1200. The molecule has 4 rings (SSSR count). The van der Waals surface area contributed by atoms with Crippen molar-refractivity contribution in [3.63, 3.8) is 0 Å². The van der Waals surface area contributed by atoms with Crippen LogP contribution in [0.3, 0.4) is 0 Å². The van der Waals surface area contributed by atoms with Crippen molar-refractivity contribution >= 4 is 11.9 Å². The van der Waals surface area contributed by atoms with Gasteiger partial charge in [0.05, 0.1) is 32.9 Å². The Morgan fingerprint density at radius 1 is 0.950 bits per heavy atom. The molecule has 0 aromatic heterocycles. The first-order valence-corrected chi connectivity index (χ1v) is 13.3. The minimum atomic E-state index is -5.13. The van der Waals surface area contributed by atoms with Crippen LogP contribution in [0.2, 0.25) is 0 Å². The van der Waals surface area contributed by atoms with Gasteiger partial charge in [-0.15, -0.1) is 0 Å². The second-order valence-electron chi connectivity index (χ2n) is 10.1. The van der Waals surface area contributed by atoms with E-state index in [-0.39, 0.29) is 17.9 Å². The van der Waals surface area contributed by atoms with Gasteiger partial charge in [-0.05, 0) is 57.5 Å². The van der Waals surface area contributed by atoms with Gasteiger partial charge in [0.1, 0.15) is 11.9 Å². The number of carbonyl (C=O) groups is 2. The summed E-state index contributed by atoms with van der Waals surface area (Å²) in [5, 5.41) is 0. The van der Waals surface area contributed by atoms with Gasteiger partial charge < -0.3 is 23.8 Å². The lowest BCUT2D eigenvalue weighted by Gasteiger charge is -2.51. The van der Waals surface area contributed by atoms with Crippen LogP contribution in [0.15, 0.2) is 42.5 Å². The van der Waals surface area contributed by atoms with Crippen molar-refractivity contribution in [1.82, 2.24) is 9.80 Å². The maximum absolute atomic E-state index is 13.5. The van der Waals surface area contributed by atoms with Crippen LogP contribution in [0.5, 0.6) is 17.2 Å². The quantitative estimate of drug-likeness (QED) is 0.430. The Hall–Kier alpha value is -3.47. The molecule has 0 N–H and O–H groups in total. The van der Waals surface area contributed by atoms with Gasteiger partial charge in [0, 0.05) is 24.1 Å². The number of nitrogens with zero attached hydrogens (tertiary/aromatic N) is 2. The molecule has 2 aromatic rings. The number of para-hydroxylation sites is 2. The fraction of sp³-hybridized carbons (Fsp3) is 0.517. The number of rotatable bonds is 8. The van der Waals surface area contributed by atoms with E-state index in [2.05, 4.69) is 4.90 Å². The first kappa shape index (κ1) is 29.5. The van der Waals surface area contributed by atoms with E-state index in [9.17, 15) is 22.8 Å². The van der Waals surface area contributed by atoms with E-state index in [1.165, 1.54) is 19.1 Å². The third-order valence-corrected chi connectivity index (χ3v) is 7.87. The molecule has 1 atom stereocenters. The van der Waals surface area contributed by atoms with Gasteiger partial charge in [-0.2, -0.15) is 13.2 Å². The summed E-state index contributed by atoms with van der Waals surface area (Å²) in [4.78, 5) is 29.1. The van der Waals surface area contributed by atoms with Crippen molar-refractivity contribution in [3.05, 3.63) is 53.6 Å². The van der Waals surface area contributed by atoms with Crippen molar-refractivity contribution in [2.24, 2.45) is 5.41 Å². The normalized spacial score (nSPS) is 19.2. The lowest BCUT2D eigenvalue weighted by molar-refractivity contribution is -0.216. The van der Waals surface area contributed by atoms with E-state index in [1.54, 1.807) is 18.2 Å². The standard InChI is InChI=1S/C29H35F3N2O6/c1-4-39-22-10-6-5-8-20(22)18-33-15-12-28(13-16-33)14-17-34(19-24(28)40-27(36)29(30,31)32)26(35)21-9-7-11-23(37-2)25(21)38-3/h5-11,24H,4,12-19H2,1-3H3. The van der Waals surface area contributed by atoms with E-state index >= 15 is 0 Å². The fourth-order valence-corrected chi connectivity index (χ4v) is 5.67. The highest BCUT2D eigenvalue weighted by atomic mass is 19.4. The minimum Gasteiger partial charge on any atom is -0.494 e. The molecule has 1 spiro atoms. The molecule has 2 aliphatic rings. The van der Waals surface area contributed by atoms with E-state index in [4.69, 9.17) is 18.9 Å². The van der Waals surface area contributed by atoms with Crippen molar-refractivity contribution in [3.8, 4) is 17.2 Å². The van der Waals surface area contributed by atoms with Crippen LogP contribution < -0.4 is 14.2 Å². The number of amides is 1. The smallest absolute Gasteiger partial charge is 0.490 e. The highest BCUT2D eigenvalue weighted by Crippen LogP contribution is 2.45. The Morgan fingerprint density at radius 3 is 2.27 bits per heavy atom. The van der Waals surface area contributed by atoms with Gasteiger partial charge in [-0.3, -0.25) is 9.69 Å². The topological polar surface area (TPSA) is 77.5 Å². The van der Waals surface area contributed by atoms with Crippen LogP contribution in [0.25, 0.3) is 0 Å². The molecule has 0 bridgehead atoms. The molecule has 11 heteroatoms. The number of piperidine rings is 2. The number of likely N-dealkylation sites (tertiary alicyclic amines) is 2. The molecular formula is C29H35F3N2O6. The Balaban J connectivity index is 1.52. The molecule has 2 heterocycles. The maximum atomic E-state index is 13.5. The summed E-state index contributed by atoms with van der Waals surface area (Å²) in [5.74, 6) is -1.26. The molecular weight excluding hydrogens is 529 g/mol. The molecule has 2 fully saturated rings. The number of methoxy groups -OCH3 is 2. The van der Waals surface area contributed by atoms with Crippen molar-refractivity contribution in [2.45, 2.75) is 45.0 Å². The Labute approximate surface area is 231 Å². The van der Waals surface area contributed by atoms with E-state index in [1.807, 2.05) is 31.2 Å². The molecule has 40 heavy (non-hydrogen) atoms. The van der Waals surface area contributed by atoms with Crippen LogP contribution in [-0.2, 0) is 16.1 Å². The second-order valence-corrected chi connectivity index (χ2v) is 10.1. The number of halogens is 3. The molecule has 2 saturated heterocycles. The highest BCUT2D eigenvalue weighted by Gasteiger charge is 2.51. The van der Waals surface area contributed by atoms with E-state index in [0.717, 1.165) is 11.3 Å².